The van der Waals surface area contributed by atoms with Crippen molar-refractivity contribution in [1.82, 2.24) is 19.8 Å². The van der Waals surface area contributed by atoms with Crippen molar-refractivity contribution in [1.29, 1.82) is 0 Å². The van der Waals surface area contributed by atoms with Gasteiger partial charge in [-0.05, 0) is 59.0 Å². The summed E-state index contributed by atoms with van der Waals surface area (Å²) in [6, 6.07) is 7.40. The molecule has 1 aromatic heterocycles. The summed E-state index contributed by atoms with van der Waals surface area (Å²) in [5, 5.41) is 25.7. The molecule has 1 saturated carbocycles. The highest BCUT2D eigenvalue weighted by molar-refractivity contribution is 9.10. The number of rotatable bonds is 8. The van der Waals surface area contributed by atoms with Crippen LogP contribution in [0.4, 0.5) is 17.5 Å². The number of β-amino-alcohol motifs (C(OH)–C–C–N with tert-alkyl or cyclic N) is 1. The number of aliphatic hydroxyl groups is 2. The fraction of sp³-hybridized carbons (Fsp3) is 0.500. The van der Waals surface area contributed by atoms with Gasteiger partial charge in [-0.3, -0.25) is 9.69 Å². The number of piperazine rings is 1. The molecule has 194 valence electrons. The first-order valence-electron chi connectivity index (χ1n) is 12.4. The summed E-state index contributed by atoms with van der Waals surface area (Å²) in [4.78, 5) is 25.9. The van der Waals surface area contributed by atoms with Gasteiger partial charge < -0.3 is 25.7 Å². The number of hydrogen-bond donors (Lipinski definition) is 4. The van der Waals surface area contributed by atoms with E-state index < -0.39 is 0 Å². The van der Waals surface area contributed by atoms with Gasteiger partial charge in [0.05, 0.1) is 11.1 Å². The normalized spacial score (nSPS) is 22.9. The molecule has 0 radical (unpaired) electrons. The Kier molecular flexibility index (Phi) is 8.95. The Morgan fingerprint density at radius 3 is 2.56 bits per heavy atom. The summed E-state index contributed by atoms with van der Waals surface area (Å²) < 4.78 is 0.751. The molecule has 36 heavy (non-hydrogen) atoms. The van der Waals surface area contributed by atoms with Crippen LogP contribution in [0.5, 0.6) is 0 Å². The Balaban J connectivity index is 1.39. The summed E-state index contributed by atoms with van der Waals surface area (Å²) in [7, 11) is 0. The zero-order chi connectivity index (χ0) is 25.7. The Hall–Kier alpha value is -2.53. The van der Waals surface area contributed by atoms with E-state index in [1.807, 2.05) is 29.2 Å². The third-order valence-corrected chi connectivity index (χ3v) is 7.61. The highest BCUT2D eigenvalue weighted by Gasteiger charge is 2.32. The fourth-order valence-electron chi connectivity index (χ4n) is 5.08. The van der Waals surface area contributed by atoms with Gasteiger partial charge in [0.15, 0.2) is 0 Å². The molecule has 1 saturated heterocycles. The highest BCUT2D eigenvalue weighted by Crippen LogP contribution is 2.35. The van der Waals surface area contributed by atoms with Crippen LogP contribution in [0.2, 0.25) is 0 Å². The Labute approximate surface area is 220 Å². The van der Waals surface area contributed by atoms with Gasteiger partial charge in [0.2, 0.25) is 5.95 Å². The van der Waals surface area contributed by atoms with Crippen LogP contribution in [0.15, 0.2) is 47.1 Å². The van der Waals surface area contributed by atoms with E-state index in [1.54, 1.807) is 6.20 Å². The third-order valence-electron chi connectivity index (χ3n) is 7.03. The number of halogens is 1. The van der Waals surface area contributed by atoms with Gasteiger partial charge in [-0.2, -0.15) is 4.98 Å². The van der Waals surface area contributed by atoms with Crippen molar-refractivity contribution < 1.29 is 15.0 Å². The molecule has 2 fully saturated rings. The number of aliphatic hydroxyl groups excluding tert-OH is 2. The molecular weight excluding hydrogens is 524 g/mol. The SMILES string of the molecule is C=C1CC(C)C(Nc2nc(Nc3ccc(C(=O)N4CCN(CCO)CC4)cc3)ncc2Br)C(CO)C1. The van der Waals surface area contributed by atoms with Crippen molar-refractivity contribution in [2.45, 2.75) is 25.8 Å². The van der Waals surface area contributed by atoms with Gasteiger partial charge in [0, 0.05) is 68.7 Å². The molecule has 1 aliphatic heterocycles. The Bertz CT molecular complexity index is 1060. The van der Waals surface area contributed by atoms with Crippen LogP contribution in [-0.4, -0.2) is 87.9 Å². The van der Waals surface area contributed by atoms with Crippen molar-refractivity contribution in [3.05, 3.63) is 52.7 Å². The minimum atomic E-state index is 0.0132. The minimum Gasteiger partial charge on any atom is -0.396 e. The molecule has 4 rings (SSSR count). The molecule has 4 N–H and O–H groups in total. The largest absolute Gasteiger partial charge is 0.396 e. The molecule has 0 bridgehead atoms. The lowest BCUT2D eigenvalue weighted by Gasteiger charge is -2.37. The summed E-state index contributed by atoms with van der Waals surface area (Å²) in [6.45, 7) is 10.0. The maximum absolute atomic E-state index is 12.9. The molecule has 0 spiro atoms. The lowest BCUT2D eigenvalue weighted by molar-refractivity contribution is 0.0615. The Morgan fingerprint density at radius 2 is 1.89 bits per heavy atom. The van der Waals surface area contributed by atoms with E-state index in [0.717, 1.165) is 36.1 Å². The van der Waals surface area contributed by atoms with E-state index in [9.17, 15) is 9.90 Å². The van der Waals surface area contributed by atoms with Crippen molar-refractivity contribution in [2.24, 2.45) is 11.8 Å². The minimum absolute atomic E-state index is 0.0132. The summed E-state index contributed by atoms with van der Waals surface area (Å²) in [6.07, 6.45) is 3.42. The molecule has 1 aromatic carbocycles. The van der Waals surface area contributed by atoms with Crippen molar-refractivity contribution in [2.75, 3.05) is 56.6 Å². The number of benzene rings is 1. The second kappa shape index (κ2) is 12.1. The van der Waals surface area contributed by atoms with Crippen LogP contribution in [0.3, 0.4) is 0 Å². The molecule has 3 atom stereocenters. The van der Waals surface area contributed by atoms with Crippen LogP contribution in [0.25, 0.3) is 0 Å². The number of allylic oxidation sites excluding steroid dienone is 1. The van der Waals surface area contributed by atoms with Gasteiger partial charge in [-0.15, -0.1) is 0 Å². The van der Waals surface area contributed by atoms with Crippen LogP contribution < -0.4 is 10.6 Å². The van der Waals surface area contributed by atoms with Crippen molar-refractivity contribution >= 4 is 39.3 Å². The monoisotopic (exact) mass is 558 g/mol. The summed E-state index contributed by atoms with van der Waals surface area (Å²) in [5.41, 5.74) is 2.59. The summed E-state index contributed by atoms with van der Waals surface area (Å²) >= 11 is 3.54. The first kappa shape index (κ1) is 26.5. The predicted octanol–water partition coefficient (Wildman–Crippen LogP) is 3.11. The van der Waals surface area contributed by atoms with Crippen LogP contribution in [0, 0.1) is 11.8 Å². The van der Waals surface area contributed by atoms with E-state index in [-0.39, 0.29) is 31.1 Å². The Morgan fingerprint density at radius 1 is 1.17 bits per heavy atom. The highest BCUT2D eigenvalue weighted by atomic mass is 79.9. The smallest absolute Gasteiger partial charge is 0.253 e. The lowest BCUT2D eigenvalue weighted by Crippen LogP contribution is -2.49. The van der Waals surface area contributed by atoms with E-state index >= 15 is 0 Å². The number of carbonyl (C=O) groups is 1. The first-order chi connectivity index (χ1) is 17.4. The number of nitrogens with zero attached hydrogens (tertiary/aromatic N) is 4. The van der Waals surface area contributed by atoms with E-state index in [1.165, 1.54) is 5.57 Å². The number of amides is 1. The van der Waals surface area contributed by atoms with Gasteiger partial charge in [0.1, 0.15) is 5.82 Å². The average Bonchev–Trinajstić information content (AvgIpc) is 2.88. The molecule has 1 aliphatic carbocycles. The maximum Gasteiger partial charge on any atom is 0.253 e. The second-order valence-corrected chi connectivity index (χ2v) is 10.6. The molecule has 2 heterocycles. The molecular formula is C26H35BrN6O3. The van der Waals surface area contributed by atoms with E-state index in [2.05, 4.69) is 54.9 Å². The molecule has 3 unspecified atom stereocenters. The zero-order valence-electron chi connectivity index (χ0n) is 20.7. The van der Waals surface area contributed by atoms with Gasteiger partial charge >= 0.3 is 0 Å². The molecule has 10 heteroatoms. The standard InChI is InChI=1S/C26H35BrN6O3/c1-17-13-18(2)23(20(14-17)16-35)30-24-22(27)15-28-26(31-24)29-21-5-3-19(4-6-21)25(36)33-9-7-32(8-10-33)11-12-34/h3-6,15,18,20,23,34-35H,1,7-14,16H2,2H3,(H2,28,29,30,31). The topological polar surface area (TPSA) is 114 Å². The van der Waals surface area contributed by atoms with Crippen molar-refractivity contribution in [3.8, 4) is 0 Å². The number of nitrogens with one attached hydrogen (secondary N) is 2. The molecule has 2 aliphatic rings. The maximum atomic E-state index is 12.9. The number of carbonyl (C=O) groups excluding carboxylic acids is 1. The van der Waals surface area contributed by atoms with Gasteiger partial charge in [0.25, 0.3) is 5.91 Å². The lowest BCUT2D eigenvalue weighted by atomic mass is 9.76. The summed E-state index contributed by atoms with van der Waals surface area (Å²) in [5.74, 6) is 1.53. The molecule has 9 nitrogen and oxygen atoms in total. The van der Waals surface area contributed by atoms with E-state index in [4.69, 9.17) is 5.11 Å². The van der Waals surface area contributed by atoms with Gasteiger partial charge in [-0.25, -0.2) is 4.98 Å². The van der Waals surface area contributed by atoms with Crippen LogP contribution >= 0.6 is 15.9 Å². The molecule has 1 amide bonds. The third kappa shape index (κ3) is 6.42. The predicted molar refractivity (Wildman–Crippen MR) is 144 cm³/mol. The number of anilines is 3. The quantitative estimate of drug-likeness (QED) is 0.365. The van der Waals surface area contributed by atoms with E-state index in [0.29, 0.717) is 42.9 Å². The van der Waals surface area contributed by atoms with Gasteiger partial charge in [-0.1, -0.05) is 19.1 Å². The molecule has 2 aromatic rings. The number of aromatic nitrogens is 2. The van der Waals surface area contributed by atoms with Crippen molar-refractivity contribution in [3.63, 3.8) is 0 Å². The van der Waals surface area contributed by atoms with Crippen LogP contribution in [0.1, 0.15) is 30.1 Å². The average molecular weight is 560 g/mol. The second-order valence-electron chi connectivity index (χ2n) is 9.70. The van der Waals surface area contributed by atoms with Crippen LogP contribution in [-0.2, 0) is 0 Å². The first-order valence-corrected chi connectivity index (χ1v) is 13.2. The fourth-order valence-corrected chi connectivity index (χ4v) is 5.38. The number of hydrogen-bond acceptors (Lipinski definition) is 8. The zero-order valence-corrected chi connectivity index (χ0v) is 22.2.